The van der Waals surface area contributed by atoms with E-state index >= 15 is 0 Å². The Kier molecular flexibility index (Phi) is 10.9. The third-order valence-electron chi connectivity index (χ3n) is 9.50. The zero-order valence-electron chi connectivity index (χ0n) is 25.1. The van der Waals surface area contributed by atoms with E-state index < -0.39 is 0 Å². The number of ether oxygens (including phenoxy) is 1. The number of nitrogens with zero attached hydrogens (tertiary/aromatic N) is 5. The molecule has 0 bridgehead atoms. The molecule has 2 saturated carbocycles. The maximum Gasteiger partial charge on any atom is 0.227 e. The van der Waals surface area contributed by atoms with E-state index in [1.807, 2.05) is 6.33 Å². The fourth-order valence-electron chi connectivity index (χ4n) is 6.92. The molecule has 3 heterocycles. The third-order valence-corrected chi connectivity index (χ3v) is 9.50. The van der Waals surface area contributed by atoms with Gasteiger partial charge in [-0.15, -0.1) is 0 Å². The topological polar surface area (TPSA) is 106 Å². The first-order chi connectivity index (χ1) is 19.6. The summed E-state index contributed by atoms with van der Waals surface area (Å²) in [4.78, 5) is 14.9. The molecule has 5 rings (SSSR count). The molecule has 2 aromatic heterocycles. The first kappa shape index (κ1) is 29.5. The van der Waals surface area contributed by atoms with Crippen molar-refractivity contribution in [3.63, 3.8) is 0 Å². The van der Waals surface area contributed by atoms with Crippen LogP contribution in [0.15, 0.2) is 6.33 Å². The highest BCUT2D eigenvalue weighted by atomic mass is 16.5. The fourth-order valence-corrected chi connectivity index (χ4v) is 6.92. The molecule has 0 spiro atoms. The summed E-state index contributed by atoms with van der Waals surface area (Å²) in [6.07, 6.45) is 21.3. The predicted molar refractivity (Wildman–Crippen MR) is 163 cm³/mol. The van der Waals surface area contributed by atoms with Gasteiger partial charge in [-0.25, -0.2) is 9.99 Å². The standard InChI is InChI=1S/C31H54N8O/c1-3-5-7-12-27(40-21-6-4-2)23-17-19-38(20-18-23)37-29-28-30(39(22-33-28)26-10-8-9-11-26)36-31(35-29)34-25-15-13-24(32)14-16-25/h22-27H,3-21,32H2,1-2H3,(H2,34,35,36,37). The van der Waals surface area contributed by atoms with Crippen molar-refractivity contribution >= 4 is 22.9 Å². The number of hydrogen-bond acceptors (Lipinski definition) is 8. The van der Waals surface area contributed by atoms with Crippen LogP contribution in [0, 0.1) is 5.92 Å². The lowest BCUT2D eigenvalue weighted by Gasteiger charge is -2.36. The number of rotatable bonds is 14. The molecule has 0 radical (unpaired) electrons. The molecule has 0 amide bonds. The van der Waals surface area contributed by atoms with Crippen LogP contribution < -0.4 is 16.5 Å². The van der Waals surface area contributed by atoms with E-state index in [9.17, 15) is 0 Å². The van der Waals surface area contributed by atoms with Crippen LogP contribution in [-0.2, 0) is 4.74 Å². The number of nitrogens with one attached hydrogen (secondary N) is 2. The molecule has 224 valence electrons. The number of hydrogen-bond donors (Lipinski definition) is 3. The molecule has 2 aliphatic carbocycles. The highest BCUT2D eigenvalue weighted by molar-refractivity contribution is 5.84. The summed E-state index contributed by atoms with van der Waals surface area (Å²) in [5, 5.41) is 5.99. The van der Waals surface area contributed by atoms with Gasteiger partial charge in [-0.1, -0.05) is 52.4 Å². The van der Waals surface area contributed by atoms with E-state index in [-0.39, 0.29) is 0 Å². The van der Waals surface area contributed by atoms with Gasteiger partial charge in [0, 0.05) is 37.8 Å². The fraction of sp³-hybridized carbons (Fsp3) is 0.839. The molecule has 2 aromatic rings. The number of hydrazine groups is 1. The maximum absolute atomic E-state index is 6.44. The molecule has 0 aromatic carbocycles. The van der Waals surface area contributed by atoms with Gasteiger partial charge in [0.15, 0.2) is 17.0 Å². The van der Waals surface area contributed by atoms with Crippen molar-refractivity contribution < 1.29 is 4.74 Å². The van der Waals surface area contributed by atoms with Crippen LogP contribution in [0.2, 0.25) is 0 Å². The van der Waals surface area contributed by atoms with Gasteiger partial charge in [0.05, 0.1) is 12.4 Å². The Morgan fingerprint density at radius 2 is 1.70 bits per heavy atom. The summed E-state index contributed by atoms with van der Waals surface area (Å²) in [7, 11) is 0. The van der Waals surface area contributed by atoms with Gasteiger partial charge in [-0.2, -0.15) is 9.97 Å². The Morgan fingerprint density at radius 1 is 0.950 bits per heavy atom. The molecular formula is C31H54N8O. The first-order valence-corrected chi connectivity index (χ1v) is 16.5. The summed E-state index contributed by atoms with van der Waals surface area (Å²) >= 11 is 0. The van der Waals surface area contributed by atoms with E-state index in [1.165, 1.54) is 57.8 Å². The Bertz CT molecular complexity index is 1010. The lowest BCUT2D eigenvalue weighted by molar-refractivity contribution is -0.0144. The number of unbranched alkanes of at least 4 members (excludes halogenated alkanes) is 3. The first-order valence-electron chi connectivity index (χ1n) is 16.5. The van der Waals surface area contributed by atoms with E-state index in [0.717, 1.165) is 81.6 Å². The summed E-state index contributed by atoms with van der Waals surface area (Å²) in [6.45, 7) is 7.40. The number of aromatic nitrogens is 4. The largest absolute Gasteiger partial charge is 0.378 e. The summed E-state index contributed by atoms with van der Waals surface area (Å²) in [5.74, 6) is 2.17. The summed E-state index contributed by atoms with van der Waals surface area (Å²) < 4.78 is 8.74. The lowest BCUT2D eigenvalue weighted by Crippen LogP contribution is -2.42. The second kappa shape index (κ2) is 14.8. The molecule has 9 heteroatoms. The zero-order valence-corrected chi connectivity index (χ0v) is 25.1. The van der Waals surface area contributed by atoms with E-state index in [0.29, 0.717) is 36.1 Å². The summed E-state index contributed by atoms with van der Waals surface area (Å²) in [6, 6.07) is 1.19. The Balaban J connectivity index is 1.27. The monoisotopic (exact) mass is 554 g/mol. The van der Waals surface area contributed by atoms with Gasteiger partial charge < -0.3 is 25.8 Å². The smallest absolute Gasteiger partial charge is 0.227 e. The molecule has 1 aliphatic heterocycles. The van der Waals surface area contributed by atoms with Crippen LogP contribution in [0.25, 0.3) is 11.2 Å². The van der Waals surface area contributed by atoms with Crippen LogP contribution in [0.5, 0.6) is 0 Å². The molecule has 3 aliphatic rings. The van der Waals surface area contributed by atoms with Crippen molar-refractivity contribution in [2.45, 2.75) is 141 Å². The van der Waals surface area contributed by atoms with E-state index in [1.54, 1.807) is 0 Å². The van der Waals surface area contributed by atoms with Gasteiger partial charge in [0.25, 0.3) is 0 Å². The van der Waals surface area contributed by atoms with Crippen LogP contribution in [-0.4, -0.2) is 62.4 Å². The van der Waals surface area contributed by atoms with Crippen LogP contribution in [0.4, 0.5) is 11.8 Å². The van der Waals surface area contributed by atoms with Crippen molar-refractivity contribution in [3.05, 3.63) is 6.33 Å². The Labute approximate surface area is 241 Å². The molecule has 9 nitrogen and oxygen atoms in total. The lowest BCUT2D eigenvalue weighted by atomic mass is 9.88. The quantitative estimate of drug-likeness (QED) is 0.230. The summed E-state index contributed by atoms with van der Waals surface area (Å²) in [5.41, 5.74) is 11.7. The Morgan fingerprint density at radius 3 is 2.42 bits per heavy atom. The third kappa shape index (κ3) is 7.65. The van der Waals surface area contributed by atoms with E-state index in [2.05, 4.69) is 34.2 Å². The van der Waals surface area contributed by atoms with Crippen LogP contribution in [0.3, 0.4) is 0 Å². The molecule has 1 atom stereocenters. The van der Waals surface area contributed by atoms with Crippen molar-refractivity contribution in [2.75, 3.05) is 30.4 Å². The minimum atomic E-state index is 0.327. The number of fused-ring (bicyclic) bond motifs is 1. The number of anilines is 2. The second-order valence-electron chi connectivity index (χ2n) is 12.6. The maximum atomic E-state index is 6.44. The van der Waals surface area contributed by atoms with Crippen molar-refractivity contribution in [2.24, 2.45) is 11.7 Å². The van der Waals surface area contributed by atoms with Crippen molar-refractivity contribution in [3.8, 4) is 0 Å². The number of nitrogens with two attached hydrogens (primary N) is 1. The average molecular weight is 555 g/mol. The van der Waals surface area contributed by atoms with Gasteiger partial charge in [-0.3, -0.25) is 0 Å². The van der Waals surface area contributed by atoms with Crippen LogP contribution in [0.1, 0.15) is 123 Å². The number of imidazole rings is 1. The van der Waals surface area contributed by atoms with Gasteiger partial charge in [0.1, 0.15) is 0 Å². The van der Waals surface area contributed by atoms with E-state index in [4.69, 9.17) is 25.4 Å². The molecule has 40 heavy (non-hydrogen) atoms. The molecule has 4 N–H and O–H groups in total. The highest BCUT2D eigenvalue weighted by Gasteiger charge is 2.29. The predicted octanol–water partition coefficient (Wildman–Crippen LogP) is 6.43. The average Bonchev–Trinajstić information content (AvgIpc) is 3.65. The van der Waals surface area contributed by atoms with Crippen LogP contribution >= 0.6 is 0 Å². The molecule has 1 unspecified atom stereocenters. The molecular weight excluding hydrogens is 500 g/mol. The zero-order chi connectivity index (χ0) is 27.7. The Hall–Kier alpha value is -1.97. The molecule has 1 saturated heterocycles. The van der Waals surface area contributed by atoms with Crippen molar-refractivity contribution in [1.29, 1.82) is 0 Å². The normalized spacial score (nSPS) is 24.1. The second-order valence-corrected chi connectivity index (χ2v) is 12.6. The minimum absolute atomic E-state index is 0.327. The minimum Gasteiger partial charge on any atom is -0.378 e. The van der Waals surface area contributed by atoms with Gasteiger partial charge in [-0.05, 0) is 70.1 Å². The number of piperidine rings is 1. The van der Waals surface area contributed by atoms with Gasteiger partial charge >= 0.3 is 0 Å². The van der Waals surface area contributed by atoms with Crippen molar-refractivity contribution in [1.82, 2.24) is 24.5 Å². The molecule has 3 fully saturated rings. The SMILES string of the molecule is CCCCCC(OCCCC)C1CCN(Nc2nc(NC3CCC(N)CC3)nc3c2ncn3C2CCCC2)CC1. The van der Waals surface area contributed by atoms with Gasteiger partial charge in [0.2, 0.25) is 5.95 Å². The highest BCUT2D eigenvalue weighted by Crippen LogP contribution is 2.34.